The highest BCUT2D eigenvalue weighted by atomic mass is 32.2. The standard InChI is InChI=1S/C18H25F2N5O3S/c1-4-5-25(29(3,26)27)9-13-6-16(20)14(7-15(13)19)18(10-28-11-18)22-8-17-21-12-23-24(17)2/h6-7,12,22H,4-5,8-11H2,1-3H3. The smallest absolute Gasteiger partial charge is 0.211 e. The number of nitrogens with zero attached hydrogens (tertiary/aromatic N) is 4. The Hall–Kier alpha value is -1.95. The number of benzene rings is 1. The SMILES string of the molecule is CCCN(Cc1cc(F)c(C2(NCc3ncnn3C)COC2)cc1F)S(C)(=O)=O. The molecule has 0 unspecified atom stereocenters. The van der Waals surface area contributed by atoms with Gasteiger partial charge in [0, 0.05) is 31.3 Å². The molecule has 0 spiro atoms. The number of rotatable bonds is 9. The molecule has 0 saturated carbocycles. The highest BCUT2D eigenvalue weighted by molar-refractivity contribution is 7.88. The van der Waals surface area contributed by atoms with Gasteiger partial charge in [-0.25, -0.2) is 22.2 Å². The molecule has 8 nitrogen and oxygen atoms in total. The second-order valence-electron chi connectivity index (χ2n) is 7.25. The van der Waals surface area contributed by atoms with Crippen LogP contribution in [-0.4, -0.2) is 53.5 Å². The zero-order chi connectivity index (χ0) is 21.2. The van der Waals surface area contributed by atoms with E-state index in [4.69, 9.17) is 4.74 Å². The lowest BCUT2D eigenvalue weighted by molar-refractivity contribution is -0.0817. The van der Waals surface area contributed by atoms with E-state index in [1.54, 1.807) is 11.7 Å². The average Bonchev–Trinajstić information content (AvgIpc) is 3.01. The van der Waals surface area contributed by atoms with Crippen molar-refractivity contribution in [2.24, 2.45) is 7.05 Å². The number of halogens is 2. The molecule has 1 saturated heterocycles. The molecular formula is C18H25F2N5O3S. The van der Waals surface area contributed by atoms with E-state index < -0.39 is 27.2 Å². The minimum absolute atomic E-state index is 0.00572. The summed E-state index contributed by atoms with van der Waals surface area (Å²) >= 11 is 0. The highest BCUT2D eigenvalue weighted by Crippen LogP contribution is 2.33. The van der Waals surface area contributed by atoms with Crippen molar-refractivity contribution >= 4 is 10.0 Å². The molecule has 2 aromatic rings. The van der Waals surface area contributed by atoms with Gasteiger partial charge in [-0.2, -0.15) is 9.40 Å². The molecule has 0 aliphatic carbocycles. The number of aromatic nitrogens is 3. The minimum Gasteiger partial charge on any atom is -0.377 e. The quantitative estimate of drug-likeness (QED) is 0.646. The van der Waals surface area contributed by atoms with Crippen LogP contribution in [0.25, 0.3) is 0 Å². The van der Waals surface area contributed by atoms with Crippen LogP contribution in [-0.2, 0) is 40.4 Å². The molecule has 1 fully saturated rings. The molecule has 2 heterocycles. The summed E-state index contributed by atoms with van der Waals surface area (Å²) in [6.07, 6.45) is 3.05. The van der Waals surface area contributed by atoms with Crippen LogP contribution < -0.4 is 5.32 Å². The van der Waals surface area contributed by atoms with Gasteiger partial charge in [0.15, 0.2) is 0 Å². The fourth-order valence-corrected chi connectivity index (χ4v) is 4.15. The monoisotopic (exact) mass is 429 g/mol. The molecule has 0 radical (unpaired) electrons. The summed E-state index contributed by atoms with van der Waals surface area (Å²) in [5, 5.41) is 7.19. The van der Waals surface area contributed by atoms with E-state index in [0.717, 1.165) is 22.7 Å². The van der Waals surface area contributed by atoms with E-state index in [2.05, 4.69) is 15.4 Å². The van der Waals surface area contributed by atoms with Gasteiger partial charge in [0.05, 0.1) is 31.6 Å². The van der Waals surface area contributed by atoms with Crippen LogP contribution in [0, 0.1) is 11.6 Å². The van der Waals surface area contributed by atoms with Crippen LogP contribution in [0.15, 0.2) is 18.5 Å². The van der Waals surface area contributed by atoms with E-state index in [0.29, 0.717) is 18.8 Å². The molecule has 160 valence electrons. The maximum Gasteiger partial charge on any atom is 0.211 e. The third-order valence-corrected chi connectivity index (χ3v) is 6.28. The zero-order valence-electron chi connectivity index (χ0n) is 16.7. The van der Waals surface area contributed by atoms with Gasteiger partial charge in [0.25, 0.3) is 0 Å². The van der Waals surface area contributed by atoms with Crippen LogP contribution >= 0.6 is 0 Å². The summed E-state index contributed by atoms with van der Waals surface area (Å²) < 4.78 is 61.6. The fraction of sp³-hybridized carbons (Fsp3) is 0.556. The van der Waals surface area contributed by atoms with E-state index in [1.165, 1.54) is 6.33 Å². The van der Waals surface area contributed by atoms with Gasteiger partial charge in [0.2, 0.25) is 10.0 Å². The van der Waals surface area contributed by atoms with Gasteiger partial charge in [-0.3, -0.25) is 10.00 Å². The molecule has 1 aromatic heterocycles. The largest absolute Gasteiger partial charge is 0.377 e. The van der Waals surface area contributed by atoms with Gasteiger partial charge in [-0.05, 0) is 18.6 Å². The second-order valence-corrected chi connectivity index (χ2v) is 9.23. The molecule has 0 atom stereocenters. The first kappa shape index (κ1) is 21.8. The average molecular weight is 429 g/mol. The highest BCUT2D eigenvalue weighted by Gasteiger charge is 2.42. The van der Waals surface area contributed by atoms with Crippen molar-refractivity contribution in [1.29, 1.82) is 0 Å². The molecule has 1 aliphatic rings. The van der Waals surface area contributed by atoms with Crippen molar-refractivity contribution in [2.75, 3.05) is 26.0 Å². The van der Waals surface area contributed by atoms with Gasteiger partial charge in [0.1, 0.15) is 23.8 Å². The van der Waals surface area contributed by atoms with E-state index >= 15 is 0 Å². The Bertz CT molecular complexity index is 976. The van der Waals surface area contributed by atoms with Crippen molar-refractivity contribution in [1.82, 2.24) is 24.4 Å². The normalized spacial score (nSPS) is 16.2. The summed E-state index contributed by atoms with van der Waals surface area (Å²) in [6.45, 7) is 2.52. The molecule has 11 heteroatoms. The third-order valence-electron chi connectivity index (χ3n) is 5.03. The first-order chi connectivity index (χ1) is 13.7. The first-order valence-electron chi connectivity index (χ1n) is 9.25. The molecule has 0 amide bonds. The lowest BCUT2D eigenvalue weighted by Crippen LogP contribution is -2.57. The number of ether oxygens (including phenoxy) is 1. The van der Waals surface area contributed by atoms with Crippen LogP contribution in [0.3, 0.4) is 0 Å². The van der Waals surface area contributed by atoms with Crippen LogP contribution in [0.4, 0.5) is 8.78 Å². The molecule has 29 heavy (non-hydrogen) atoms. The summed E-state index contributed by atoms with van der Waals surface area (Å²) in [6, 6.07) is 2.20. The summed E-state index contributed by atoms with van der Waals surface area (Å²) in [5.74, 6) is -0.616. The number of hydrogen-bond acceptors (Lipinski definition) is 6. The molecule has 1 N–H and O–H groups in total. The minimum atomic E-state index is -3.53. The zero-order valence-corrected chi connectivity index (χ0v) is 17.5. The van der Waals surface area contributed by atoms with Crippen molar-refractivity contribution in [3.63, 3.8) is 0 Å². The van der Waals surface area contributed by atoms with Gasteiger partial charge in [-0.1, -0.05) is 6.92 Å². The number of aryl methyl sites for hydroxylation is 1. The molecule has 1 aromatic carbocycles. The Morgan fingerprint density at radius 1 is 1.31 bits per heavy atom. The Balaban J connectivity index is 1.84. The number of hydrogen-bond donors (Lipinski definition) is 1. The van der Waals surface area contributed by atoms with Gasteiger partial charge >= 0.3 is 0 Å². The number of nitrogens with one attached hydrogen (secondary N) is 1. The lowest BCUT2D eigenvalue weighted by Gasteiger charge is -2.43. The predicted molar refractivity (Wildman–Crippen MR) is 102 cm³/mol. The maximum atomic E-state index is 15.0. The van der Waals surface area contributed by atoms with Crippen molar-refractivity contribution in [2.45, 2.75) is 32.0 Å². The topological polar surface area (TPSA) is 89.3 Å². The van der Waals surface area contributed by atoms with Crippen molar-refractivity contribution in [3.8, 4) is 0 Å². The molecule has 0 bridgehead atoms. The van der Waals surface area contributed by atoms with E-state index in [1.807, 2.05) is 6.92 Å². The van der Waals surface area contributed by atoms with Gasteiger partial charge in [-0.15, -0.1) is 0 Å². The van der Waals surface area contributed by atoms with Crippen molar-refractivity contribution < 1.29 is 21.9 Å². The fourth-order valence-electron chi connectivity index (χ4n) is 3.26. The molecule has 3 rings (SSSR count). The molecular weight excluding hydrogens is 404 g/mol. The van der Waals surface area contributed by atoms with Gasteiger partial charge < -0.3 is 4.74 Å². The molecule has 1 aliphatic heterocycles. The summed E-state index contributed by atoms with van der Waals surface area (Å²) in [4.78, 5) is 4.12. The lowest BCUT2D eigenvalue weighted by atomic mass is 9.86. The Labute approximate surface area is 168 Å². The van der Waals surface area contributed by atoms with E-state index in [9.17, 15) is 17.2 Å². The Kier molecular flexibility index (Phi) is 6.32. The second kappa shape index (κ2) is 8.42. The first-order valence-corrected chi connectivity index (χ1v) is 11.1. The van der Waals surface area contributed by atoms with Crippen molar-refractivity contribution in [3.05, 3.63) is 47.0 Å². The van der Waals surface area contributed by atoms with Crippen LogP contribution in [0.2, 0.25) is 0 Å². The number of sulfonamides is 1. The third kappa shape index (κ3) is 4.63. The predicted octanol–water partition coefficient (Wildman–Crippen LogP) is 1.28. The Morgan fingerprint density at radius 2 is 2.03 bits per heavy atom. The maximum absolute atomic E-state index is 15.0. The summed E-state index contributed by atoms with van der Waals surface area (Å²) in [7, 11) is -1.79. The Morgan fingerprint density at radius 3 is 2.55 bits per heavy atom. The van der Waals surface area contributed by atoms with Crippen LogP contribution in [0.5, 0.6) is 0 Å². The summed E-state index contributed by atoms with van der Waals surface area (Å²) in [5.41, 5.74) is -0.739. The van der Waals surface area contributed by atoms with E-state index in [-0.39, 0.29) is 37.4 Å². The van der Waals surface area contributed by atoms with Crippen LogP contribution in [0.1, 0.15) is 30.3 Å².